The molecule has 28 heavy (non-hydrogen) atoms. The number of nitrogens with one attached hydrogen (secondary N) is 1. The van der Waals surface area contributed by atoms with Crippen LogP contribution in [0.4, 0.5) is 5.69 Å². The van der Waals surface area contributed by atoms with E-state index in [9.17, 15) is 13.2 Å². The summed E-state index contributed by atoms with van der Waals surface area (Å²) in [5.41, 5.74) is 0.419. The van der Waals surface area contributed by atoms with Crippen molar-refractivity contribution < 1.29 is 22.7 Å². The predicted molar refractivity (Wildman–Crippen MR) is 109 cm³/mol. The molecule has 2 aromatic carbocycles. The van der Waals surface area contributed by atoms with Crippen molar-refractivity contribution in [2.24, 2.45) is 0 Å². The van der Waals surface area contributed by atoms with Crippen LogP contribution in [0.2, 0.25) is 5.02 Å². The number of halogens is 1. The second-order valence-electron chi connectivity index (χ2n) is 5.60. The molecule has 0 unspecified atom stereocenters. The Labute approximate surface area is 171 Å². The summed E-state index contributed by atoms with van der Waals surface area (Å²) in [6, 6.07) is 13.7. The highest BCUT2D eigenvalue weighted by atomic mass is 35.5. The summed E-state index contributed by atoms with van der Waals surface area (Å²) in [7, 11) is -0.730. The lowest BCUT2D eigenvalue weighted by Crippen LogP contribution is -2.11. The van der Waals surface area contributed by atoms with Crippen LogP contribution in [0.1, 0.15) is 9.67 Å². The fourth-order valence-corrected chi connectivity index (χ4v) is 5.14. The first-order valence-corrected chi connectivity index (χ1v) is 10.7. The van der Waals surface area contributed by atoms with E-state index in [4.69, 9.17) is 21.1 Å². The van der Waals surface area contributed by atoms with Gasteiger partial charge in [0.05, 0.1) is 29.7 Å². The molecule has 9 heteroatoms. The number of amides is 1. The molecule has 3 rings (SSSR count). The number of carbonyl (C=O) groups is 1. The summed E-state index contributed by atoms with van der Waals surface area (Å²) in [5.74, 6) is 0.558. The Morgan fingerprint density at radius 2 is 1.71 bits per heavy atom. The van der Waals surface area contributed by atoms with Gasteiger partial charge in [0.1, 0.15) is 15.7 Å². The number of methoxy groups -OCH3 is 2. The highest BCUT2D eigenvalue weighted by molar-refractivity contribution is 7.93. The number of thiophene rings is 1. The van der Waals surface area contributed by atoms with Gasteiger partial charge in [-0.3, -0.25) is 4.79 Å². The van der Waals surface area contributed by atoms with Gasteiger partial charge in [-0.1, -0.05) is 11.6 Å². The first-order valence-electron chi connectivity index (χ1n) is 7.99. The molecule has 0 saturated heterocycles. The fourth-order valence-electron chi connectivity index (χ4n) is 2.41. The number of carbonyl (C=O) groups excluding carboxylic acids is 1. The molecule has 0 spiro atoms. The zero-order chi connectivity index (χ0) is 20.3. The monoisotopic (exact) mass is 437 g/mol. The molecular formula is C19H16ClNO5S2. The van der Waals surface area contributed by atoms with Crippen LogP contribution in [0.25, 0.3) is 0 Å². The number of hydrogen-bond donors (Lipinski definition) is 1. The average molecular weight is 438 g/mol. The molecule has 0 fully saturated rings. The molecule has 6 nitrogen and oxygen atoms in total. The predicted octanol–water partition coefficient (Wildman–Crippen LogP) is 4.50. The Balaban J connectivity index is 1.86. The second-order valence-corrected chi connectivity index (χ2v) is 9.29. The molecule has 0 aliphatic heterocycles. The summed E-state index contributed by atoms with van der Waals surface area (Å²) in [6.07, 6.45) is 0. The molecule has 0 aliphatic rings. The molecule has 1 aromatic heterocycles. The van der Waals surface area contributed by atoms with E-state index in [1.165, 1.54) is 50.6 Å². The van der Waals surface area contributed by atoms with Gasteiger partial charge in [-0.2, -0.15) is 0 Å². The molecule has 0 aliphatic carbocycles. The summed E-state index contributed by atoms with van der Waals surface area (Å²) in [4.78, 5) is 13.0. The van der Waals surface area contributed by atoms with E-state index >= 15 is 0 Å². The van der Waals surface area contributed by atoms with Crippen LogP contribution >= 0.6 is 22.9 Å². The maximum absolute atomic E-state index is 12.7. The number of benzene rings is 2. The van der Waals surface area contributed by atoms with Gasteiger partial charge >= 0.3 is 0 Å². The molecule has 1 heterocycles. The lowest BCUT2D eigenvalue weighted by atomic mass is 10.2. The highest BCUT2D eigenvalue weighted by Crippen LogP contribution is 2.32. The van der Waals surface area contributed by atoms with E-state index in [0.717, 1.165) is 11.3 Å². The van der Waals surface area contributed by atoms with Crippen molar-refractivity contribution in [3.05, 3.63) is 64.5 Å². The smallest absolute Gasteiger partial charge is 0.265 e. The van der Waals surface area contributed by atoms with Gasteiger partial charge in [0, 0.05) is 11.1 Å². The molecule has 1 N–H and O–H groups in total. The molecule has 146 valence electrons. The van der Waals surface area contributed by atoms with Crippen molar-refractivity contribution in [1.29, 1.82) is 0 Å². The minimum absolute atomic E-state index is 0.0672. The third kappa shape index (κ3) is 4.14. The minimum Gasteiger partial charge on any atom is -0.497 e. The normalized spacial score (nSPS) is 11.1. The van der Waals surface area contributed by atoms with Crippen molar-refractivity contribution in [3.8, 4) is 11.5 Å². The van der Waals surface area contributed by atoms with Crippen molar-refractivity contribution in [3.63, 3.8) is 0 Å². The Kier molecular flexibility index (Phi) is 5.93. The standard InChI is InChI=1S/C19H16ClNO5S2/c1-25-13-5-8-16(26-2)15(11-13)21-19(22)17-9-10-18(27-17)28(23,24)14-6-3-12(20)4-7-14/h3-11H,1-2H3,(H,21,22). The first-order chi connectivity index (χ1) is 13.3. The maximum atomic E-state index is 12.7. The average Bonchev–Trinajstić information content (AvgIpc) is 3.19. The molecule has 0 atom stereocenters. The summed E-state index contributed by atoms with van der Waals surface area (Å²) < 4.78 is 35.9. The Morgan fingerprint density at radius 1 is 1.00 bits per heavy atom. The number of rotatable bonds is 6. The van der Waals surface area contributed by atoms with E-state index in [1.54, 1.807) is 18.2 Å². The number of hydrogen-bond acceptors (Lipinski definition) is 6. The van der Waals surface area contributed by atoms with E-state index in [1.807, 2.05) is 0 Å². The lowest BCUT2D eigenvalue weighted by Gasteiger charge is -2.11. The van der Waals surface area contributed by atoms with Gasteiger partial charge in [-0.15, -0.1) is 11.3 Å². The van der Waals surface area contributed by atoms with Crippen molar-refractivity contribution in [2.45, 2.75) is 9.10 Å². The second kappa shape index (κ2) is 8.22. The Hall–Kier alpha value is -2.55. The highest BCUT2D eigenvalue weighted by Gasteiger charge is 2.22. The van der Waals surface area contributed by atoms with Crippen LogP contribution in [0, 0.1) is 0 Å². The van der Waals surface area contributed by atoms with Gasteiger partial charge in [0.15, 0.2) is 0 Å². The fraction of sp³-hybridized carbons (Fsp3) is 0.105. The topological polar surface area (TPSA) is 81.7 Å². The summed E-state index contributed by atoms with van der Waals surface area (Å²) >= 11 is 6.70. The van der Waals surface area contributed by atoms with Gasteiger partial charge in [0.25, 0.3) is 5.91 Å². The van der Waals surface area contributed by atoms with E-state index < -0.39 is 15.7 Å². The summed E-state index contributed by atoms with van der Waals surface area (Å²) in [6.45, 7) is 0. The quantitative estimate of drug-likeness (QED) is 0.613. The third-order valence-corrected chi connectivity index (χ3v) is 7.45. The third-order valence-electron chi connectivity index (χ3n) is 3.85. The van der Waals surface area contributed by atoms with Crippen molar-refractivity contribution in [2.75, 3.05) is 19.5 Å². The van der Waals surface area contributed by atoms with Crippen LogP contribution in [-0.2, 0) is 9.84 Å². The van der Waals surface area contributed by atoms with Crippen LogP contribution in [-0.4, -0.2) is 28.5 Å². The molecule has 0 saturated carbocycles. The van der Waals surface area contributed by atoms with Crippen LogP contribution in [0.3, 0.4) is 0 Å². The largest absolute Gasteiger partial charge is 0.497 e. The number of anilines is 1. The molecule has 1 amide bonds. The Morgan fingerprint density at radius 3 is 2.36 bits per heavy atom. The number of ether oxygens (including phenoxy) is 2. The van der Waals surface area contributed by atoms with Crippen LogP contribution in [0.15, 0.2) is 63.7 Å². The van der Waals surface area contributed by atoms with Crippen molar-refractivity contribution >= 4 is 44.4 Å². The van der Waals surface area contributed by atoms with E-state index in [0.29, 0.717) is 22.2 Å². The zero-order valence-electron chi connectivity index (χ0n) is 14.9. The Bertz CT molecular complexity index is 1110. The number of sulfone groups is 1. The van der Waals surface area contributed by atoms with Gasteiger partial charge in [0.2, 0.25) is 9.84 Å². The minimum atomic E-state index is -3.73. The van der Waals surface area contributed by atoms with Crippen LogP contribution in [0.5, 0.6) is 11.5 Å². The van der Waals surface area contributed by atoms with Gasteiger partial charge in [-0.25, -0.2) is 8.42 Å². The maximum Gasteiger partial charge on any atom is 0.265 e. The summed E-state index contributed by atoms with van der Waals surface area (Å²) in [5, 5.41) is 3.16. The van der Waals surface area contributed by atoms with Gasteiger partial charge < -0.3 is 14.8 Å². The SMILES string of the molecule is COc1ccc(OC)c(NC(=O)c2ccc(S(=O)(=O)c3ccc(Cl)cc3)s2)c1. The lowest BCUT2D eigenvalue weighted by molar-refractivity contribution is 0.103. The van der Waals surface area contributed by atoms with Crippen molar-refractivity contribution in [1.82, 2.24) is 0 Å². The van der Waals surface area contributed by atoms with E-state index in [-0.39, 0.29) is 14.0 Å². The molecule has 0 radical (unpaired) electrons. The van der Waals surface area contributed by atoms with E-state index in [2.05, 4.69) is 5.32 Å². The van der Waals surface area contributed by atoms with Crippen LogP contribution < -0.4 is 14.8 Å². The molecule has 3 aromatic rings. The molecular weight excluding hydrogens is 422 g/mol. The molecule has 0 bridgehead atoms. The first kappa shape index (κ1) is 20.2. The zero-order valence-corrected chi connectivity index (χ0v) is 17.3. The van der Waals surface area contributed by atoms with Gasteiger partial charge in [-0.05, 0) is 48.5 Å².